The maximum atomic E-state index is 10.6. The maximum absolute atomic E-state index is 10.6. The molecular weight excluding hydrogens is 364 g/mol. The second-order valence-electron chi connectivity index (χ2n) is 5.61. The van der Waals surface area contributed by atoms with Crippen molar-refractivity contribution in [1.82, 2.24) is 0 Å². The van der Waals surface area contributed by atoms with Gasteiger partial charge >= 0.3 is 11.9 Å². The Bertz CT molecular complexity index is 951. The lowest BCUT2D eigenvalue weighted by molar-refractivity contribution is -0.134. The summed E-state index contributed by atoms with van der Waals surface area (Å²) < 4.78 is 0. The number of benzene rings is 3. The summed E-state index contributed by atoms with van der Waals surface area (Å²) >= 11 is 0. The molecule has 146 valence electrons. The van der Waals surface area contributed by atoms with E-state index in [0.717, 1.165) is 17.7 Å². The highest BCUT2D eigenvalue weighted by molar-refractivity contribution is 5.96. The predicted octanol–water partition coefficient (Wildman–Crippen LogP) is 4.03. The molecule has 4 N–H and O–H groups in total. The number of aliphatic carboxylic acids is 1. The molecule has 0 bridgehead atoms. The Hall–Kier alpha value is -3.87. The SMILES string of the molecule is CC(=O)O.Cc1c(C(=O)O)cccc1C(=O)O.Oc1cccc2ccccc12. The first-order valence-electron chi connectivity index (χ1n) is 8.07. The van der Waals surface area contributed by atoms with Crippen molar-refractivity contribution in [3.8, 4) is 5.75 Å². The molecule has 7 nitrogen and oxygen atoms in total. The number of carbonyl (C=O) groups is 3. The molecular formula is C21H20O7. The smallest absolute Gasteiger partial charge is 0.335 e. The van der Waals surface area contributed by atoms with Crippen LogP contribution in [-0.2, 0) is 4.79 Å². The lowest BCUT2D eigenvalue weighted by atomic mass is 10.0. The van der Waals surface area contributed by atoms with E-state index >= 15 is 0 Å². The highest BCUT2D eigenvalue weighted by Crippen LogP contribution is 2.22. The second-order valence-corrected chi connectivity index (χ2v) is 5.61. The average Bonchev–Trinajstić information content (AvgIpc) is 2.62. The number of carboxylic acids is 3. The van der Waals surface area contributed by atoms with Crippen LogP contribution in [-0.4, -0.2) is 38.3 Å². The molecule has 0 aliphatic carbocycles. The first kappa shape index (κ1) is 22.2. The van der Waals surface area contributed by atoms with Crippen molar-refractivity contribution in [1.29, 1.82) is 0 Å². The number of aromatic hydroxyl groups is 1. The van der Waals surface area contributed by atoms with Gasteiger partial charge in [-0.15, -0.1) is 0 Å². The lowest BCUT2D eigenvalue weighted by Crippen LogP contribution is -2.06. The Morgan fingerprint density at radius 3 is 1.61 bits per heavy atom. The molecule has 3 aromatic carbocycles. The van der Waals surface area contributed by atoms with Gasteiger partial charge in [0.1, 0.15) is 5.75 Å². The van der Waals surface area contributed by atoms with E-state index in [1.807, 2.05) is 36.4 Å². The summed E-state index contributed by atoms with van der Waals surface area (Å²) in [5.41, 5.74) is 0.335. The fourth-order valence-electron chi connectivity index (χ4n) is 2.31. The third kappa shape index (κ3) is 6.45. The summed E-state index contributed by atoms with van der Waals surface area (Å²) in [6.07, 6.45) is 0. The number of fused-ring (bicyclic) bond motifs is 1. The van der Waals surface area contributed by atoms with E-state index in [-0.39, 0.29) is 16.7 Å². The molecule has 3 rings (SSSR count). The van der Waals surface area contributed by atoms with Crippen LogP contribution < -0.4 is 0 Å². The Morgan fingerprint density at radius 1 is 0.714 bits per heavy atom. The van der Waals surface area contributed by atoms with Crippen LogP contribution in [0.25, 0.3) is 10.8 Å². The molecule has 0 heterocycles. The Labute approximate surface area is 161 Å². The van der Waals surface area contributed by atoms with Gasteiger partial charge in [-0.2, -0.15) is 0 Å². The zero-order valence-corrected chi connectivity index (χ0v) is 15.3. The molecule has 28 heavy (non-hydrogen) atoms. The fourth-order valence-corrected chi connectivity index (χ4v) is 2.31. The van der Waals surface area contributed by atoms with E-state index < -0.39 is 17.9 Å². The normalized spacial score (nSPS) is 9.36. The molecule has 0 saturated carbocycles. The number of phenols is 1. The standard InChI is InChI=1S/C10H8O.C9H8O4.C2H4O2/c11-10-7-3-5-8-4-1-2-6-9(8)10;1-5-6(8(10)11)3-2-4-7(5)9(12)13;1-2(3)4/h1-7,11H;2-4H,1H3,(H,10,11)(H,12,13);1H3,(H,3,4). The molecule has 0 aliphatic rings. The molecule has 0 amide bonds. The molecule has 0 spiro atoms. The molecule has 0 aromatic heterocycles. The van der Waals surface area contributed by atoms with Crippen molar-refractivity contribution < 1.29 is 34.8 Å². The van der Waals surface area contributed by atoms with E-state index in [1.54, 1.807) is 6.07 Å². The first-order chi connectivity index (χ1) is 13.1. The van der Waals surface area contributed by atoms with E-state index in [2.05, 4.69) is 0 Å². The molecule has 0 atom stereocenters. The van der Waals surface area contributed by atoms with E-state index in [9.17, 15) is 14.7 Å². The largest absolute Gasteiger partial charge is 0.507 e. The van der Waals surface area contributed by atoms with Gasteiger partial charge < -0.3 is 20.4 Å². The average molecular weight is 384 g/mol. The summed E-state index contributed by atoms with van der Waals surface area (Å²) in [6, 6.07) is 17.5. The number of carboxylic acid groups (broad SMARTS) is 3. The summed E-state index contributed by atoms with van der Waals surface area (Å²) in [5, 5.41) is 36.1. The van der Waals surface area contributed by atoms with Gasteiger partial charge in [-0.3, -0.25) is 4.79 Å². The molecule has 0 unspecified atom stereocenters. The van der Waals surface area contributed by atoms with Crippen LogP contribution in [0.2, 0.25) is 0 Å². The second kappa shape index (κ2) is 10.3. The Balaban J connectivity index is 0.000000238. The van der Waals surface area contributed by atoms with E-state index in [0.29, 0.717) is 5.75 Å². The van der Waals surface area contributed by atoms with Crippen LogP contribution in [0.15, 0.2) is 60.7 Å². The predicted molar refractivity (Wildman–Crippen MR) is 104 cm³/mol. The zero-order chi connectivity index (χ0) is 21.3. The van der Waals surface area contributed by atoms with Crippen molar-refractivity contribution >= 4 is 28.7 Å². The van der Waals surface area contributed by atoms with Gasteiger partial charge in [0, 0.05) is 12.3 Å². The van der Waals surface area contributed by atoms with Gasteiger partial charge in [-0.25, -0.2) is 9.59 Å². The Morgan fingerprint density at radius 2 is 1.14 bits per heavy atom. The van der Waals surface area contributed by atoms with Crippen LogP contribution >= 0.6 is 0 Å². The molecule has 0 fully saturated rings. The van der Waals surface area contributed by atoms with Crippen LogP contribution in [0.3, 0.4) is 0 Å². The number of aromatic carboxylic acids is 2. The highest BCUT2D eigenvalue weighted by atomic mass is 16.4. The zero-order valence-electron chi connectivity index (χ0n) is 15.3. The summed E-state index contributed by atoms with van der Waals surface area (Å²) in [7, 11) is 0. The van der Waals surface area contributed by atoms with Gasteiger partial charge in [0.05, 0.1) is 11.1 Å². The van der Waals surface area contributed by atoms with Crippen molar-refractivity contribution in [2.24, 2.45) is 0 Å². The van der Waals surface area contributed by atoms with Crippen LogP contribution in [0.4, 0.5) is 0 Å². The minimum absolute atomic E-state index is 0.0277. The number of phenolic OH excluding ortho intramolecular Hbond substituents is 1. The summed E-state index contributed by atoms with van der Waals surface area (Å²) in [6.45, 7) is 2.56. The summed E-state index contributed by atoms with van der Waals surface area (Å²) in [5.74, 6) is -2.70. The number of hydrogen-bond donors (Lipinski definition) is 4. The Kier molecular flexibility index (Phi) is 8.17. The molecule has 0 aliphatic heterocycles. The van der Waals surface area contributed by atoms with Crippen molar-refractivity contribution in [2.75, 3.05) is 0 Å². The van der Waals surface area contributed by atoms with E-state index in [4.69, 9.17) is 20.1 Å². The van der Waals surface area contributed by atoms with Crippen molar-refractivity contribution in [3.63, 3.8) is 0 Å². The third-order valence-electron chi connectivity index (χ3n) is 3.56. The van der Waals surface area contributed by atoms with Crippen molar-refractivity contribution in [2.45, 2.75) is 13.8 Å². The molecule has 0 radical (unpaired) electrons. The topological polar surface area (TPSA) is 132 Å². The minimum Gasteiger partial charge on any atom is -0.507 e. The van der Waals surface area contributed by atoms with Gasteiger partial charge in [-0.1, -0.05) is 42.5 Å². The number of hydrogen-bond acceptors (Lipinski definition) is 4. The van der Waals surface area contributed by atoms with Gasteiger partial charge in [-0.05, 0) is 36.1 Å². The molecule has 3 aromatic rings. The van der Waals surface area contributed by atoms with Crippen LogP contribution in [0, 0.1) is 6.92 Å². The van der Waals surface area contributed by atoms with Crippen LogP contribution in [0.5, 0.6) is 5.75 Å². The van der Waals surface area contributed by atoms with Gasteiger partial charge in [0.25, 0.3) is 5.97 Å². The number of rotatable bonds is 2. The maximum Gasteiger partial charge on any atom is 0.335 e. The molecule has 7 heteroatoms. The van der Waals surface area contributed by atoms with Crippen LogP contribution in [0.1, 0.15) is 33.2 Å². The van der Waals surface area contributed by atoms with E-state index in [1.165, 1.54) is 25.1 Å². The van der Waals surface area contributed by atoms with Crippen molar-refractivity contribution in [3.05, 3.63) is 77.4 Å². The summed E-state index contributed by atoms with van der Waals surface area (Å²) in [4.78, 5) is 30.2. The molecule has 0 saturated heterocycles. The highest BCUT2D eigenvalue weighted by Gasteiger charge is 2.13. The van der Waals surface area contributed by atoms with Gasteiger partial charge in [0.15, 0.2) is 0 Å². The van der Waals surface area contributed by atoms with Gasteiger partial charge in [0.2, 0.25) is 0 Å². The lowest BCUT2D eigenvalue weighted by Gasteiger charge is -2.03. The minimum atomic E-state index is -1.11. The monoisotopic (exact) mass is 384 g/mol. The quantitative estimate of drug-likeness (QED) is 0.524. The first-order valence-corrected chi connectivity index (χ1v) is 8.07. The fraction of sp³-hybridized carbons (Fsp3) is 0.0952. The third-order valence-corrected chi connectivity index (χ3v) is 3.56.